The molecular formula is C16H20ClN3O2. The molecule has 1 aromatic rings. The van der Waals surface area contributed by atoms with Crippen molar-refractivity contribution in [3.63, 3.8) is 0 Å². The summed E-state index contributed by atoms with van der Waals surface area (Å²) in [5, 5.41) is 6.95. The second-order valence-electron chi connectivity index (χ2n) is 5.88. The van der Waals surface area contributed by atoms with Crippen LogP contribution in [0.3, 0.4) is 0 Å². The van der Waals surface area contributed by atoms with Crippen LogP contribution in [-0.2, 0) is 16.1 Å². The predicted molar refractivity (Wildman–Crippen MR) is 84.4 cm³/mol. The molecule has 0 aromatic heterocycles. The lowest BCUT2D eigenvalue weighted by Gasteiger charge is -2.33. The fourth-order valence-electron chi connectivity index (χ4n) is 3.18. The number of rotatable bonds is 4. The SMILES string of the molecule is CC[C@@H]1NC(=O)[C@@H]2C[C@H](NCc3ccccc3Cl)CN2C1=O. The average molecular weight is 322 g/mol. The third kappa shape index (κ3) is 2.83. The van der Waals surface area contributed by atoms with Gasteiger partial charge in [0.1, 0.15) is 12.1 Å². The van der Waals surface area contributed by atoms with Gasteiger partial charge in [-0.2, -0.15) is 0 Å². The van der Waals surface area contributed by atoms with Crippen molar-refractivity contribution in [3.05, 3.63) is 34.9 Å². The lowest BCUT2D eigenvalue weighted by Crippen LogP contribution is -2.60. The monoisotopic (exact) mass is 321 g/mol. The maximum atomic E-state index is 12.3. The third-order valence-electron chi connectivity index (χ3n) is 4.45. The molecule has 22 heavy (non-hydrogen) atoms. The number of piperazine rings is 1. The van der Waals surface area contributed by atoms with Crippen molar-refractivity contribution in [1.29, 1.82) is 0 Å². The van der Waals surface area contributed by atoms with E-state index in [0.29, 0.717) is 25.9 Å². The van der Waals surface area contributed by atoms with Crippen LogP contribution in [0.2, 0.25) is 5.02 Å². The maximum absolute atomic E-state index is 12.3. The van der Waals surface area contributed by atoms with Crippen LogP contribution in [0.1, 0.15) is 25.3 Å². The first-order valence-electron chi connectivity index (χ1n) is 7.67. The normalized spacial score (nSPS) is 27.7. The molecule has 2 saturated heterocycles. The molecule has 2 aliphatic heterocycles. The molecule has 118 valence electrons. The molecule has 6 heteroatoms. The molecule has 2 N–H and O–H groups in total. The van der Waals surface area contributed by atoms with Gasteiger partial charge < -0.3 is 15.5 Å². The van der Waals surface area contributed by atoms with Crippen LogP contribution in [0.15, 0.2) is 24.3 Å². The summed E-state index contributed by atoms with van der Waals surface area (Å²) >= 11 is 6.15. The zero-order valence-electron chi connectivity index (χ0n) is 12.5. The minimum absolute atomic E-state index is 0.0338. The summed E-state index contributed by atoms with van der Waals surface area (Å²) in [5.41, 5.74) is 1.02. The van der Waals surface area contributed by atoms with E-state index < -0.39 is 0 Å². The molecule has 5 nitrogen and oxygen atoms in total. The second-order valence-corrected chi connectivity index (χ2v) is 6.29. The van der Waals surface area contributed by atoms with E-state index in [0.717, 1.165) is 10.6 Å². The van der Waals surface area contributed by atoms with Gasteiger partial charge in [-0.25, -0.2) is 0 Å². The van der Waals surface area contributed by atoms with Crippen LogP contribution in [0.4, 0.5) is 0 Å². The van der Waals surface area contributed by atoms with E-state index in [4.69, 9.17) is 11.6 Å². The Morgan fingerprint density at radius 1 is 1.36 bits per heavy atom. The largest absolute Gasteiger partial charge is 0.343 e. The number of nitrogens with zero attached hydrogens (tertiary/aromatic N) is 1. The summed E-state index contributed by atoms with van der Waals surface area (Å²) in [6.07, 6.45) is 1.28. The fraction of sp³-hybridized carbons (Fsp3) is 0.500. The highest BCUT2D eigenvalue weighted by atomic mass is 35.5. The zero-order chi connectivity index (χ0) is 15.7. The number of halogens is 1. The van der Waals surface area contributed by atoms with Gasteiger partial charge in [-0.05, 0) is 24.5 Å². The first kappa shape index (κ1) is 15.3. The van der Waals surface area contributed by atoms with E-state index in [2.05, 4.69) is 10.6 Å². The van der Waals surface area contributed by atoms with Crippen LogP contribution in [-0.4, -0.2) is 41.4 Å². The molecule has 1 aromatic carbocycles. The lowest BCUT2D eigenvalue weighted by atomic mass is 10.1. The van der Waals surface area contributed by atoms with E-state index >= 15 is 0 Å². The van der Waals surface area contributed by atoms with Crippen LogP contribution in [0.5, 0.6) is 0 Å². The van der Waals surface area contributed by atoms with Crippen molar-refractivity contribution in [2.75, 3.05) is 6.54 Å². The molecule has 0 unspecified atom stereocenters. The fourth-order valence-corrected chi connectivity index (χ4v) is 3.38. The smallest absolute Gasteiger partial charge is 0.245 e. The molecule has 3 atom stereocenters. The summed E-state index contributed by atoms with van der Waals surface area (Å²) in [7, 11) is 0. The number of benzene rings is 1. The van der Waals surface area contributed by atoms with Gasteiger partial charge in [-0.3, -0.25) is 9.59 Å². The topological polar surface area (TPSA) is 61.4 Å². The Hall–Kier alpha value is -1.59. The third-order valence-corrected chi connectivity index (χ3v) is 4.82. The van der Waals surface area contributed by atoms with Crippen molar-refractivity contribution in [2.24, 2.45) is 0 Å². The Labute approximate surface area is 135 Å². The molecule has 0 spiro atoms. The summed E-state index contributed by atoms with van der Waals surface area (Å²) in [5.74, 6) is 0.00244. The van der Waals surface area contributed by atoms with E-state index in [9.17, 15) is 9.59 Å². The van der Waals surface area contributed by atoms with Gasteiger partial charge in [-0.1, -0.05) is 36.7 Å². The highest BCUT2D eigenvalue weighted by molar-refractivity contribution is 6.31. The van der Waals surface area contributed by atoms with Gasteiger partial charge in [0.25, 0.3) is 0 Å². The van der Waals surface area contributed by atoms with E-state index in [-0.39, 0.29) is 29.9 Å². The Balaban J connectivity index is 1.63. The summed E-state index contributed by atoms with van der Waals surface area (Å²) < 4.78 is 0. The van der Waals surface area contributed by atoms with Gasteiger partial charge in [-0.15, -0.1) is 0 Å². The Morgan fingerprint density at radius 2 is 2.14 bits per heavy atom. The van der Waals surface area contributed by atoms with Crippen molar-refractivity contribution in [2.45, 2.75) is 44.4 Å². The van der Waals surface area contributed by atoms with Crippen LogP contribution in [0, 0.1) is 0 Å². The molecule has 2 fully saturated rings. The number of carbonyl (C=O) groups is 2. The molecular weight excluding hydrogens is 302 g/mol. The van der Waals surface area contributed by atoms with Gasteiger partial charge in [0.05, 0.1) is 0 Å². The van der Waals surface area contributed by atoms with Crippen LogP contribution < -0.4 is 10.6 Å². The van der Waals surface area contributed by atoms with Gasteiger partial charge in [0, 0.05) is 24.2 Å². The minimum Gasteiger partial charge on any atom is -0.343 e. The minimum atomic E-state index is -0.369. The Bertz CT molecular complexity index is 593. The number of hydrogen-bond acceptors (Lipinski definition) is 3. The molecule has 3 rings (SSSR count). The lowest BCUT2D eigenvalue weighted by molar-refractivity contribution is -0.147. The van der Waals surface area contributed by atoms with Crippen molar-refractivity contribution >= 4 is 23.4 Å². The summed E-state index contributed by atoms with van der Waals surface area (Å²) in [6, 6.07) is 7.10. The molecule has 0 saturated carbocycles. The molecule has 2 heterocycles. The highest BCUT2D eigenvalue weighted by Gasteiger charge is 2.45. The molecule has 2 aliphatic rings. The van der Waals surface area contributed by atoms with Gasteiger partial charge >= 0.3 is 0 Å². The number of carbonyl (C=O) groups excluding carboxylic acids is 2. The average Bonchev–Trinajstić information content (AvgIpc) is 2.95. The Kier molecular flexibility index (Phi) is 4.36. The van der Waals surface area contributed by atoms with Crippen molar-refractivity contribution < 1.29 is 9.59 Å². The molecule has 0 radical (unpaired) electrons. The Morgan fingerprint density at radius 3 is 2.86 bits per heavy atom. The van der Waals surface area contributed by atoms with Crippen LogP contribution in [0.25, 0.3) is 0 Å². The number of nitrogens with one attached hydrogen (secondary N) is 2. The maximum Gasteiger partial charge on any atom is 0.245 e. The molecule has 0 aliphatic carbocycles. The summed E-state index contributed by atoms with van der Waals surface area (Å²) in [6.45, 7) is 3.13. The van der Waals surface area contributed by atoms with Gasteiger partial charge in [0.2, 0.25) is 11.8 Å². The molecule has 0 bridgehead atoms. The van der Waals surface area contributed by atoms with E-state index in [1.807, 2.05) is 31.2 Å². The highest BCUT2D eigenvalue weighted by Crippen LogP contribution is 2.24. The predicted octanol–water partition coefficient (Wildman–Crippen LogP) is 1.31. The van der Waals surface area contributed by atoms with Crippen LogP contribution >= 0.6 is 11.6 Å². The van der Waals surface area contributed by atoms with E-state index in [1.54, 1.807) is 4.90 Å². The number of fused-ring (bicyclic) bond motifs is 1. The molecule has 2 amide bonds. The number of hydrogen-bond donors (Lipinski definition) is 2. The van der Waals surface area contributed by atoms with Crippen molar-refractivity contribution in [1.82, 2.24) is 15.5 Å². The second kappa shape index (κ2) is 6.26. The summed E-state index contributed by atoms with van der Waals surface area (Å²) in [4.78, 5) is 26.1. The first-order chi connectivity index (χ1) is 10.6. The van der Waals surface area contributed by atoms with E-state index in [1.165, 1.54) is 0 Å². The quantitative estimate of drug-likeness (QED) is 0.879. The van der Waals surface area contributed by atoms with Gasteiger partial charge in [0.15, 0.2) is 0 Å². The zero-order valence-corrected chi connectivity index (χ0v) is 13.3. The standard InChI is InChI=1S/C16H20ClN3O2/c1-2-13-16(22)20-9-11(7-14(20)15(21)19-13)18-8-10-5-3-4-6-12(10)17/h3-6,11,13-14,18H,2,7-9H2,1H3,(H,19,21)/t11-,13-,14-/m0/s1. The van der Waals surface area contributed by atoms with Crippen molar-refractivity contribution in [3.8, 4) is 0 Å². The first-order valence-corrected chi connectivity index (χ1v) is 8.05. The number of amides is 2.